The van der Waals surface area contributed by atoms with Crippen molar-refractivity contribution in [3.63, 3.8) is 0 Å². The van der Waals surface area contributed by atoms with Gasteiger partial charge >= 0.3 is 5.97 Å². The van der Waals surface area contributed by atoms with Crippen LogP contribution in [-0.2, 0) is 16.0 Å². The molecule has 0 aliphatic rings. The molecule has 0 heterocycles. The monoisotopic (exact) mass is 636 g/mol. The summed E-state index contributed by atoms with van der Waals surface area (Å²) >= 11 is 4.61. The third-order valence-electron chi connectivity index (χ3n) is 5.65. The Hall–Kier alpha value is -0.613. The van der Waals surface area contributed by atoms with E-state index in [9.17, 15) is 4.79 Å². The lowest BCUT2D eigenvalue weighted by Crippen LogP contribution is -2.49. The van der Waals surface area contributed by atoms with Crippen LogP contribution in [0, 0.1) is 7.14 Å². The molecule has 158 valence electrons. The van der Waals surface area contributed by atoms with Crippen LogP contribution < -0.4 is 9.92 Å². The molecule has 0 saturated heterocycles. The Morgan fingerprint density at radius 1 is 1.03 bits per heavy atom. The summed E-state index contributed by atoms with van der Waals surface area (Å²) in [6.45, 7) is 14.1. The van der Waals surface area contributed by atoms with Crippen molar-refractivity contribution in [3.8, 4) is 11.5 Å². The lowest BCUT2D eigenvalue weighted by molar-refractivity contribution is -0.143. The molecule has 0 spiro atoms. The molecule has 3 nitrogen and oxygen atoms in total. The number of ether oxygens (including phenoxy) is 2. The van der Waals surface area contributed by atoms with Crippen LogP contribution in [0.1, 0.15) is 39.7 Å². The molecule has 0 saturated carbocycles. The Bertz CT molecular complexity index is 832. The molecule has 0 aliphatic carbocycles. The molecule has 0 aromatic heterocycles. The van der Waals surface area contributed by atoms with Gasteiger partial charge in [0.15, 0.2) is 5.75 Å². The minimum atomic E-state index is -1.55. The number of carbonyl (C=O) groups excluding carboxylic acids is 1. The normalized spacial score (nSPS) is 12.0. The van der Waals surface area contributed by atoms with Crippen LogP contribution in [0.2, 0.25) is 18.1 Å². The zero-order valence-electron chi connectivity index (χ0n) is 18.1. The first kappa shape index (κ1) is 24.7. The zero-order chi connectivity index (χ0) is 21.8. The molecule has 0 bridgehead atoms. The van der Waals surface area contributed by atoms with Gasteiger partial charge in [0.25, 0.3) is 0 Å². The van der Waals surface area contributed by atoms with Crippen molar-refractivity contribution in [1.82, 2.24) is 0 Å². The van der Waals surface area contributed by atoms with E-state index >= 15 is 0 Å². The SMILES string of the molecule is CCOC(=O)CCc1cc(I)c(Oc2ccc([Si](C)(C)C(C)(C)C)cc2)c(I)c1. The van der Waals surface area contributed by atoms with E-state index in [-0.39, 0.29) is 5.97 Å². The van der Waals surface area contributed by atoms with Crippen molar-refractivity contribution < 1.29 is 14.3 Å². The second-order valence-corrected chi connectivity index (χ2v) is 16.3. The molecule has 0 unspecified atom stereocenters. The summed E-state index contributed by atoms with van der Waals surface area (Å²) in [5.74, 6) is 1.56. The van der Waals surface area contributed by atoms with E-state index in [1.807, 2.05) is 6.92 Å². The number of carbonyl (C=O) groups is 1. The van der Waals surface area contributed by atoms with Gasteiger partial charge in [-0.15, -0.1) is 0 Å². The fourth-order valence-electron chi connectivity index (χ4n) is 2.82. The highest BCUT2D eigenvalue weighted by molar-refractivity contribution is 14.1. The van der Waals surface area contributed by atoms with Gasteiger partial charge in [-0.05, 0) is 93.4 Å². The third kappa shape index (κ3) is 6.43. The third-order valence-corrected chi connectivity index (χ3v) is 12.8. The molecule has 0 fully saturated rings. The maximum atomic E-state index is 11.6. The van der Waals surface area contributed by atoms with E-state index in [0.717, 1.165) is 24.2 Å². The summed E-state index contributed by atoms with van der Waals surface area (Å²) in [5, 5.41) is 1.75. The highest BCUT2D eigenvalue weighted by Crippen LogP contribution is 2.36. The quantitative estimate of drug-likeness (QED) is 0.189. The highest BCUT2D eigenvalue weighted by Gasteiger charge is 2.36. The molecule has 0 atom stereocenters. The minimum absolute atomic E-state index is 0.153. The van der Waals surface area contributed by atoms with Crippen LogP contribution in [0.25, 0.3) is 0 Å². The van der Waals surface area contributed by atoms with E-state index < -0.39 is 8.07 Å². The van der Waals surface area contributed by atoms with Gasteiger partial charge in [0, 0.05) is 6.42 Å². The van der Waals surface area contributed by atoms with Crippen molar-refractivity contribution in [1.29, 1.82) is 0 Å². The first-order valence-corrected chi connectivity index (χ1v) is 15.0. The van der Waals surface area contributed by atoms with Crippen molar-refractivity contribution in [2.45, 2.75) is 58.7 Å². The molecular formula is C23H30I2O3Si. The molecular weight excluding hydrogens is 606 g/mol. The molecule has 29 heavy (non-hydrogen) atoms. The number of rotatable bonds is 7. The summed E-state index contributed by atoms with van der Waals surface area (Å²) in [5.41, 5.74) is 1.12. The number of halogens is 2. The number of aryl methyl sites for hydroxylation is 1. The number of hydrogen-bond donors (Lipinski definition) is 0. The lowest BCUT2D eigenvalue weighted by Gasteiger charge is -2.37. The lowest BCUT2D eigenvalue weighted by atomic mass is 10.1. The first-order chi connectivity index (χ1) is 13.5. The molecule has 2 aromatic carbocycles. The van der Waals surface area contributed by atoms with Crippen LogP contribution in [0.4, 0.5) is 0 Å². The topological polar surface area (TPSA) is 35.5 Å². The van der Waals surface area contributed by atoms with Crippen LogP contribution in [0.5, 0.6) is 11.5 Å². The van der Waals surface area contributed by atoms with Crippen molar-refractivity contribution in [3.05, 3.63) is 49.1 Å². The van der Waals surface area contributed by atoms with Gasteiger partial charge in [0.2, 0.25) is 0 Å². The van der Waals surface area contributed by atoms with Crippen LogP contribution >= 0.6 is 45.2 Å². The average molecular weight is 636 g/mol. The number of esters is 1. The second kappa shape index (κ2) is 10.1. The molecule has 6 heteroatoms. The molecule has 0 aliphatic heterocycles. The predicted molar refractivity (Wildman–Crippen MR) is 140 cm³/mol. The summed E-state index contributed by atoms with van der Waals surface area (Å²) in [7, 11) is -1.55. The summed E-state index contributed by atoms with van der Waals surface area (Å²) < 4.78 is 13.3. The molecule has 2 aromatic rings. The average Bonchev–Trinajstić information content (AvgIpc) is 2.63. The van der Waals surface area contributed by atoms with E-state index in [0.29, 0.717) is 24.5 Å². The molecule has 0 amide bonds. The Morgan fingerprint density at radius 3 is 2.07 bits per heavy atom. The maximum absolute atomic E-state index is 11.6. The minimum Gasteiger partial charge on any atom is -0.466 e. The van der Waals surface area contributed by atoms with Gasteiger partial charge in [-0.1, -0.05) is 51.2 Å². The maximum Gasteiger partial charge on any atom is 0.306 e. The Balaban J connectivity index is 2.15. The van der Waals surface area contributed by atoms with Gasteiger partial charge in [-0.3, -0.25) is 4.79 Å². The van der Waals surface area contributed by atoms with Crippen LogP contribution in [0.3, 0.4) is 0 Å². The first-order valence-electron chi connectivity index (χ1n) is 9.87. The highest BCUT2D eigenvalue weighted by atomic mass is 127. The molecule has 2 rings (SSSR count). The summed E-state index contributed by atoms with van der Waals surface area (Å²) in [6, 6.07) is 12.8. The van der Waals surface area contributed by atoms with Crippen molar-refractivity contribution >= 4 is 64.4 Å². The van der Waals surface area contributed by atoms with Crippen LogP contribution in [0.15, 0.2) is 36.4 Å². The van der Waals surface area contributed by atoms with Gasteiger partial charge in [-0.25, -0.2) is 0 Å². The van der Waals surface area contributed by atoms with Crippen molar-refractivity contribution in [2.75, 3.05) is 6.61 Å². The van der Waals surface area contributed by atoms with E-state index in [2.05, 4.69) is 115 Å². The van der Waals surface area contributed by atoms with Gasteiger partial charge in [0.05, 0.1) is 21.8 Å². The fraction of sp³-hybridized carbons (Fsp3) is 0.435. The van der Waals surface area contributed by atoms with Crippen LogP contribution in [-0.4, -0.2) is 20.7 Å². The Kier molecular flexibility index (Phi) is 8.61. The van der Waals surface area contributed by atoms with Gasteiger partial charge in [-0.2, -0.15) is 0 Å². The molecule has 0 radical (unpaired) electrons. The van der Waals surface area contributed by atoms with Crippen molar-refractivity contribution in [2.24, 2.45) is 0 Å². The Morgan fingerprint density at radius 2 is 1.59 bits per heavy atom. The summed E-state index contributed by atoms with van der Waals surface area (Å²) in [6.07, 6.45) is 1.07. The number of hydrogen-bond acceptors (Lipinski definition) is 3. The van der Waals surface area contributed by atoms with Gasteiger partial charge < -0.3 is 9.47 Å². The zero-order valence-corrected chi connectivity index (χ0v) is 23.4. The van der Waals surface area contributed by atoms with E-state index in [4.69, 9.17) is 9.47 Å². The second-order valence-electron chi connectivity index (χ2n) is 8.70. The Labute approximate surface area is 203 Å². The summed E-state index contributed by atoms with van der Waals surface area (Å²) in [4.78, 5) is 11.6. The standard InChI is InChI=1S/C23H30I2O3Si/c1-7-27-21(26)13-8-16-14-19(24)22(20(25)15-16)28-17-9-11-18(12-10-17)29(5,6)23(2,3)4/h9-12,14-15H,7-8,13H2,1-6H3. The predicted octanol–water partition coefficient (Wildman–Crippen LogP) is 6.90. The fourth-order valence-corrected chi connectivity index (χ4v) is 6.81. The number of benzene rings is 2. The largest absolute Gasteiger partial charge is 0.466 e. The molecule has 0 N–H and O–H groups in total. The smallest absolute Gasteiger partial charge is 0.306 e. The van der Waals surface area contributed by atoms with E-state index in [1.165, 1.54) is 5.19 Å². The van der Waals surface area contributed by atoms with Gasteiger partial charge in [0.1, 0.15) is 5.75 Å². The van der Waals surface area contributed by atoms with E-state index in [1.54, 1.807) is 0 Å².